The topological polar surface area (TPSA) is 24.9 Å². The normalized spacial score (nSPS) is 22.8. The number of aromatic nitrogens is 1. The van der Waals surface area contributed by atoms with Crippen molar-refractivity contribution in [3.63, 3.8) is 0 Å². The van der Waals surface area contributed by atoms with Gasteiger partial charge in [0.1, 0.15) is 0 Å². The fraction of sp³-hybridized carbons (Fsp3) is 0.444. The predicted octanol–water partition coefficient (Wildman–Crippen LogP) is 1.42. The van der Waals surface area contributed by atoms with E-state index in [2.05, 4.69) is 23.3 Å². The number of aryl methyl sites for hydroxylation is 1. The molecule has 1 saturated heterocycles. The zero-order valence-corrected chi connectivity index (χ0v) is 6.67. The van der Waals surface area contributed by atoms with Crippen LogP contribution in [0.3, 0.4) is 0 Å². The van der Waals surface area contributed by atoms with Crippen molar-refractivity contribution >= 4 is 0 Å². The Bertz CT molecular complexity index is 253. The van der Waals surface area contributed by atoms with Crippen LogP contribution in [0.2, 0.25) is 0 Å². The maximum Gasteiger partial charge on any atom is 0.0420 e. The van der Waals surface area contributed by atoms with Gasteiger partial charge in [-0.2, -0.15) is 0 Å². The van der Waals surface area contributed by atoms with E-state index in [1.54, 1.807) is 0 Å². The van der Waals surface area contributed by atoms with Gasteiger partial charge < -0.3 is 5.32 Å². The highest BCUT2D eigenvalue weighted by atomic mass is 15.0. The summed E-state index contributed by atoms with van der Waals surface area (Å²) in [6.45, 7) is 3.22. The van der Waals surface area contributed by atoms with Crippen LogP contribution in [-0.4, -0.2) is 11.5 Å². The highest BCUT2D eigenvalue weighted by Crippen LogP contribution is 2.23. The molecule has 1 aliphatic rings. The molecule has 58 valence electrons. The first-order chi connectivity index (χ1) is 5.38. The highest BCUT2D eigenvalue weighted by Gasteiger charge is 2.19. The molecule has 1 fully saturated rings. The van der Waals surface area contributed by atoms with Crippen LogP contribution >= 0.6 is 0 Å². The zero-order chi connectivity index (χ0) is 7.68. The largest absolute Gasteiger partial charge is 0.310 e. The molecule has 0 amide bonds. The second kappa shape index (κ2) is 2.62. The third kappa shape index (κ3) is 1.14. The van der Waals surface area contributed by atoms with Crippen molar-refractivity contribution in [1.29, 1.82) is 0 Å². The summed E-state index contributed by atoms with van der Waals surface area (Å²) in [5, 5.41) is 3.36. The highest BCUT2D eigenvalue weighted by molar-refractivity contribution is 5.23. The molecular formula is C9H12N2. The Balaban J connectivity index is 2.28. The van der Waals surface area contributed by atoms with Crippen LogP contribution in [-0.2, 0) is 0 Å². The van der Waals surface area contributed by atoms with E-state index < -0.39 is 0 Å². The molecule has 1 aromatic rings. The summed E-state index contributed by atoms with van der Waals surface area (Å²) in [6.07, 6.45) is 3.10. The Labute approximate surface area is 66.7 Å². The third-order valence-electron chi connectivity index (χ3n) is 2.25. The average Bonchev–Trinajstić information content (AvgIpc) is 1.90. The van der Waals surface area contributed by atoms with Crippen molar-refractivity contribution < 1.29 is 0 Å². The quantitative estimate of drug-likeness (QED) is 0.651. The van der Waals surface area contributed by atoms with Gasteiger partial charge in [0.15, 0.2) is 0 Å². The maximum absolute atomic E-state index is 4.24. The standard InChI is InChI=1S/C9H12N2/c1-7-8(3-2-5-10-7)9-4-6-11-9/h2-3,5,9,11H,4,6H2,1H3/t9-/m0/s1. The molecular weight excluding hydrogens is 136 g/mol. The van der Waals surface area contributed by atoms with E-state index in [1.165, 1.54) is 12.0 Å². The lowest BCUT2D eigenvalue weighted by Crippen LogP contribution is -2.35. The monoisotopic (exact) mass is 148 g/mol. The Morgan fingerprint density at radius 3 is 3.00 bits per heavy atom. The summed E-state index contributed by atoms with van der Waals surface area (Å²) in [4.78, 5) is 4.24. The summed E-state index contributed by atoms with van der Waals surface area (Å²) in [7, 11) is 0. The van der Waals surface area contributed by atoms with Crippen LogP contribution in [0.15, 0.2) is 18.3 Å². The summed E-state index contributed by atoms with van der Waals surface area (Å²) < 4.78 is 0. The molecule has 0 unspecified atom stereocenters. The lowest BCUT2D eigenvalue weighted by Gasteiger charge is -2.28. The molecule has 2 heteroatoms. The Morgan fingerprint density at radius 1 is 1.64 bits per heavy atom. The van der Waals surface area contributed by atoms with Crippen molar-refractivity contribution in [3.05, 3.63) is 29.6 Å². The lowest BCUT2D eigenvalue weighted by molar-refractivity contribution is 0.381. The van der Waals surface area contributed by atoms with Crippen molar-refractivity contribution in [2.24, 2.45) is 0 Å². The van der Waals surface area contributed by atoms with E-state index >= 15 is 0 Å². The number of pyridine rings is 1. The van der Waals surface area contributed by atoms with Crippen molar-refractivity contribution in [2.45, 2.75) is 19.4 Å². The van der Waals surface area contributed by atoms with E-state index in [1.807, 2.05) is 12.3 Å². The van der Waals surface area contributed by atoms with Crippen LogP contribution in [0.4, 0.5) is 0 Å². The second-order valence-corrected chi connectivity index (χ2v) is 2.97. The first-order valence-corrected chi connectivity index (χ1v) is 4.03. The predicted molar refractivity (Wildman–Crippen MR) is 44.3 cm³/mol. The molecule has 1 aliphatic heterocycles. The van der Waals surface area contributed by atoms with Gasteiger partial charge in [0.25, 0.3) is 0 Å². The van der Waals surface area contributed by atoms with Crippen LogP contribution in [0.5, 0.6) is 0 Å². The SMILES string of the molecule is Cc1ncccc1[C@@H]1CCN1. The first kappa shape index (κ1) is 6.80. The van der Waals surface area contributed by atoms with Gasteiger partial charge in [-0.15, -0.1) is 0 Å². The Hall–Kier alpha value is -0.890. The average molecular weight is 148 g/mol. The number of hydrogen-bond acceptors (Lipinski definition) is 2. The van der Waals surface area contributed by atoms with Gasteiger partial charge in [-0.3, -0.25) is 4.98 Å². The lowest BCUT2D eigenvalue weighted by atomic mass is 9.97. The first-order valence-electron chi connectivity index (χ1n) is 4.03. The van der Waals surface area contributed by atoms with Gasteiger partial charge >= 0.3 is 0 Å². The minimum atomic E-state index is 0.573. The van der Waals surface area contributed by atoms with Gasteiger partial charge in [-0.1, -0.05) is 6.07 Å². The van der Waals surface area contributed by atoms with Gasteiger partial charge in [0.05, 0.1) is 0 Å². The fourth-order valence-electron chi connectivity index (χ4n) is 1.42. The van der Waals surface area contributed by atoms with Gasteiger partial charge in [-0.25, -0.2) is 0 Å². The summed E-state index contributed by atoms with van der Waals surface area (Å²) >= 11 is 0. The molecule has 11 heavy (non-hydrogen) atoms. The summed E-state index contributed by atoms with van der Waals surface area (Å²) in [5.74, 6) is 0. The minimum absolute atomic E-state index is 0.573. The molecule has 0 spiro atoms. The minimum Gasteiger partial charge on any atom is -0.310 e. The van der Waals surface area contributed by atoms with E-state index in [9.17, 15) is 0 Å². The molecule has 1 aromatic heterocycles. The molecule has 2 rings (SSSR count). The molecule has 1 N–H and O–H groups in total. The van der Waals surface area contributed by atoms with Crippen LogP contribution in [0.25, 0.3) is 0 Å². The number of nitrogens with zero attached hydrogens (tertiary/aromatic N) is 1. The number of rotatable bonds is 1. The number of hydrogen-bond donors (Lipinski definition) is 1. The molecule has 1 atom stereocenters. The smallest absolute Gasteiger partial charge is 0.0420 e. The molecule has 0 aliphatic carbocycles. The molecule has 0 saturated carbocycles. The maximum atomic E-state index is 4.24. The van der Waals surface area contributed by atoms with Gasteiger partial charge in [-0.05, 0) is 31.5 Å². The van der Waals surface area contributed by atoms with Crippen molar-refractivity contribution in [2.75, 3.05) is 6.54 Å². The Kier molecular flexibility index (Phi) is 1.62. The number of nitrogens with one attached hydrogen (secondary N) is 1. The molecule has 0 bridgehead atoms. The molecule has 2 nitrogen and oxygen atoms in total. The van der Waals surface area contributed by atoms with Crippen molar-refractivity contribution in [1.82, 2.24) is 10.3 Å². The molecule has 0 radical (unpaired) electrons. The summed E-state index contributed by atoms with van der Waals surface area (Å²) in [6, 6.07) is 4.73. The third-order valence-corrected chi connectivity index (χ3v) is 2.25. The molecule has 2 heterocycles. The van der Waals surface area contributed by atoms with Gasteiger partial charge in [0.2, 0.25) is 0 Å². The van der Waals surface area contributed by atoms with E-state index in [0.717, 1.165) is 12.2 Å². The Morgan fingerprint density at radius 2 is 2.45 bits per heavy atom. The van der Waals surface area contributed by atoms with E-state index in [4.69, 9.17) is 0 Å². The molecule has 0 aromatic carbocycles. The van der Waals surface area contributed by atoms with Crippen molar-refractivity contribution in [3.8, 4) is 0 Å². The summed E-state index contributed by atoms with van der Waals surface area (Å²) in [5.41, 5.74) is 2.52. The zero-order valence-electron chi connectivity index (χ0n) is 6.67. The van der Waals surface area contributed by atoms with Crippen LogP contribution in [0, 0.1) is 6.92 Å². The second-order valence-electron chi connectivity index (χ2n) is 2.97. The van der Waals surface area contributed by atoms with E-state index in [0.29, 0.717) is 6.04 Å². The van der Waals surface area contributed by atoms with Gasteiger partial charge in [0, 0.05) is 17.9 Å². The van der Waals surface area contributed by atoms with Crippen LogP contribution in [0.1, 0.15) is 23.7 Å². The fourth-order valence-corrected chi connectivity index (χ4v) is 1.42. The van der Waals surface area contributed by atoms with Crippen LogP contribution < -0.4 is 5.32 Å². The van der Waals surface area contributed by atoms with E-state index in [-0.39, 0.29) is 0 Å².